The molecule has 0 amide bonds. The van der Waals surface area contributed by atoms with Crippen molar-refractivity contribution in [1.29, 1.82) is 0 Å². The molecule has 1 aliphatic rings. The summed E-state index contributed by atoms with van der Waals surface area (Å²) in [6, 6.07) is 10.4. The van der Waals surface area contributed by atoms with Gasteiger partial charge in [0.25, 0.3) is 0 Å². The van der Waals surface area contributed by atoms with Crippen LogP contribution in [0.5, 0.6) is 0 Å². The third-order valence-corrected chi connectivity index (χ3v) is 5.36. The summed E-state index contributed by atoms with van der Waals surface area (Å²) in [5, 5.41) is 11.2. The van der Waals surface area contributed by atoms with Gasteiger partial charge in [-0.2, -0.15) is 5.10 Å². The maximum atomic E-state index is 4.37. The Morgan fingerprint density at radius 2 is 2.07 bits per heavy atom. The summed E-state index contributed by atoms with van der Waals surface area (Å²) in [6.45, 7) is 8.51. The zero-order valence-electron chi connectivity index (χ0n) is 17.3. The van der Waals surface area contributed by atoms with Crippen LogP contribution in [0.3, 0.4) is 0 Å². The van der Waals surface area contributed by atoms with Gasteiger partial charge in [-0.1, -0.05) is 31.2 Å². The zero-order chi connectivity index (χ0) is 19.6. The predicted octanol–water partition coefficient (Wildman–Crippen LogP) is 2.72. The van der Waals surface area contributed by atoms with Gasteiger partial charge >= 0.3 is 0 Å². The van der Waals surface area contributed by atoms with Crippen molar-refractivity contribution in [3.8, 4) is 0 Å². The monoisotopic (exact) mass is 382 g/mol. The number of nitrogens with one attached hydrogen (secondary N) is 2. The number of hydrogen-bond acceptors (Lipinski definition) is 3. The van der Waals surface area contributed by atoms with Crippen LogP contribution < -0.4 is 10.6 Å². The van der Waals surface area contributed by atoms with Crippen molar-refractivity contribution < 1.29 is 0 Å². The van der Waals surface area contributed by atoms with Crippen LogP contribution in [0.2, 0.25) is 0 Å². The first-order valence-electron chi connectivity index (χ1n) is 10.5. The fraction of sp³-hybridized carbons (Fsp3) is 0.545. The summed E-state index contributed by atoms with van der Waals surface area (Å²) in [5.41, 5.74) is 2.54. The Labute approximate surface area is 169 Å². The second-order valence-corrected chi connectivity index (χ2v) is 7.73. The highest BCUT2D eigenvalue weighted by molar-refractivity contribution is 5.79. The van der Waals surface area contributed by atoms with Gasteiger partial charge in [-0.3, -0.25) is 9.67 Å². The zero-order valence-corrected chi connectivity index (χ0v) is 17.3. The maximum absolute atomic E-state index is 4.37. The molecule has 1 saturated heterocycles. The van der Waals surface area contributed by atoms with E-state index in [0.717, 1.165) is 37.9 Å². The molecule has 28 heavy (non-hydrogen) atoms. The van der Waals surface area contributed by atoms with Gasteiger partial charge in [0.2, 0.25) is 0 Å². The van der Waals surface area contributed by atoms with Crippen LogP contribution >= 0.6 is 0 Å². The number of aliphatic imine (C=N–C) groups is 1. The van der Waals surface area contributed by atoms with Gasteiger partial charge in [-0.05, 0) is 55.5 Å². The van der Waals surface area contributed by atoms with Crippen molar-refractivity contribution in [2.45, 2.75) is 39.3 Å². The molecule has 1 aromatic carbocycles. The van der Waals surface area contributed by atoms with E-state index in [1.165, 1.54) is 43.6 Å². The Kier molecular flexibility index (Phi) is 7.91. The molecule has 152 valence electrons. The molecule has 0 aliphatic carbocycles. The van der Waals surface area contributed by atoms with Crippen LogP contribution in [-0.2, 0) is 13.1 Å². The minimum Gasteiger partial charge on any atom is -0.356 e. The van der Waals surface area contributed by atoms with Gasteiger partial charge in [0.15, 0.2) is 5.96 Å². The van der Waals surface area contributed by atoms with Gasteiger partial charge < -0.3 is 15.5 Å². The molecule has 1 unspecified atom stereocenters. The van der Waals surface area contributed by atoms with E-state index in [1.807, 2.05) is 30.2 Å². The molecule has 0 saturated carbocycles. The Bertz CT molecular complexity index is 724. The predicted molar refractivity (Wildman–Crippen MR) is 115 cm³/mol. The van der Waals surface area contributed by atoms with E-state index < -0.39 is 0 Å². The van der Waals surface area contributed by atoms with Crippen LogP contribution in [0.15, 0.2) is 47.7 Å². The largest absolute Gasteiger partial charge is 0.356 e. The normalized spacial score (nSPS) is 18.2. The summed E-state index contributed by atoms with van der Waals surface area (Å²) >= 11 is 0. The second-order valence-electron chi connectivity index (χ2n) is 7.73. The molecule has 3 rings (SSSR count). The molecule has 0 radical (unpaired) electrons. The minimum absolute atomic E-state index is 0.751. The lowest BCUT2D eigenvalue weighted by Gasteiger charge is -2.30. The molecule has 1 aliphatic heterocycles. The Balaban J connectivity index is 1.42. The number of aromatic nitrogens is 2. The van der Waals surface area contributed by atoms with E-state index in [0.29, 0.717) is 0 Å². The van der Waals surface area contributed by atoms with Gasteiger partial charge in [0.05, 0.1) is 6.54 Å². The lowest BCUT2D eigenvalue weighted by molar-refractivity contribution is 0.182. The standard InChI is InChI=1S/C22H34N6/c1-19-8-5-13-27(17-19)14-6-11-24-22(23-2)25-16-20-9-3-4-10-21(20)18-28-15-7-12-26-28/h3-4,7,9-10,12,15,19H,5-6,8,11,13-14,16-18H2,1-2H3,(H2,23,24,25). The van der Waals surface area contributed by atoms with Crippen molar-refractivity contribution >= 4 is 5.96 Å². The summed E-state index contributed by atoms with van der Waals surface area (Å²) in [4.78, 5) is 6.96. The molecule has 6 heteroatoms. The fourth-order valence-corrected chi connectivity index (χ4v) is 3.85. The van der Waals surface area contributed by atoms with Crippen molar-refractivity contribution in [3.63, 3.8) is 0 Å². The average Bonchev–Trinajstić information content (AvgIpc) is 3.22. The van der Waals surface area contributed by atoms with Crippen LogP contribution in [-0.4, -0.2) is 53.9 Å². The molecule has 1 aromatic heterocycles. The van der Waals surface area contributed by atoms with Crippen molar-refractivity contribution in [1.82, 2.24) is 25.3 Å². The molecule has 2 N–H and O–H groups in total. The topological polar surface area (TPSA) is 57.5 Å². The number of guanidine groups is 1. The molecule has 2 aromatic rings. The van der Waals surface area contributed by atoms with E-state index in [4.69, 9.17) is 0 Å². The first-order valence-corrected chi connectivity index (χ1v) is 10.5. The maximum Gasteiger partial charge on any atom is 0.191 e. The van der Waals surface area contributed by atoms with Crippen LogP contribution in [0.4, 0.5) is 0 Å². The van der Waals surface area contributed by atoms with Gasteiger partial charge in [-0.25, -0.2) is 0 Å². The van der Waals surface area contributed by atoms with E-state index in [-0.39, 0.29) is 0 Å². The number of likely N-dealkylation sites (tertiary alicyclic amines) is 1. The molecule has 1 atom stereocenters. The summed E-state index contributed by atoms with van der Waals surface area (Å²) in [5.74, 6) is 1.71. The third kappa shape index (κ3) is 6.37. The lowest BCUT2D eigenvalue weighted by Crippen LogP contribution is -2.40. The quantitative estimate of drug-likeness (QED) is 0.419. The Hall–Kier alpha value is -2.34. The highest BCUT2D eigenvalue weighted by atomic mass is 15.3. The summed E-state index contributed by atoms with van der Waals surface area (Å²) < 4.78 is 1.95. The average molecular weight is 383 g/mol. The van der Waals surface area contributed by atoms with Crippen LogP contribution in [0.1, 0.15) is 37.3 Å². The smallest absolute Gasteiger partial charge is 0.191 e. The number of piperidine rings is 1. The number of benzene rings is 1. The third-order valence-electron chi connectivity index (χ3n) is 5.36. The van der Waals surface area contributed by atoms with Crippen LogP contribution in [0, 0.1) is 5.92 Å². The number of rotatable bonds is 8. The Morgan fingerprint density at radius 1 is 1.21 bits per heavy atom. The first kappa shape index (κ1) is 20.4. The van der Waals surface area contributed by atoms with Crippen molar-refractivity contribution in [3.05, 3.63) is 53.9 Å². The SMILES string of the molecule is CN=C(NCCCN1CCCC(C)C1)NCc1ccccc1Cn1cccn1. The summed E-state index contributed by atoms with van der Waals surface area (Å²) in [7, 11) is 1.83. The number of nitrogens with zero attached hydrogens (tertiary/aromatic N) is 4. The van der Waals surface area contributed by atoms with E-state index in [9.17, 15) is 0 Å². The molecule has 6 nitrogen and oxygen atoms in total. The molecule has 0 spiro atoms. The second kappa shape index (κ2) is 10.9. The highest BCUT2D eigenvalue weighted by Crippen LogP contribution is 2.15. The van der Waals surface area contributed by atoms with E-state index in [2.05, 4.69) is 56.8 Å². The fourth-order valence-electron chi connectivity index (χ4n) is 3.85. The lowest BCUT2D eigenvalue weighted by atomic mass is 10.0. The number of hydrogen-bond donors (Lipinski definition) is 2. The minimum atomic E-state index is 0.751. The summed E-state index contributed by atoms with van der Waals surface area (Å²) in [6.07, 6.45) is 7.68. The molecule has 1 fully saturated rings. The molecule has 2 heterocycles. The molecule has 0 bridgehead atoms. The van der Waals surface area contributed by atoms with E-state index in [1.54, 1.807) is 0 Å². The van der Waals surface area contributed by atoms with Crippen molar-refractivity contribution in [2.24, 2.45) is 10.9 Å². The van der Waals surface area contributed by atoms with Gasteiger partial charge in [0.1, 0.15) is 0 Å². The molecular weight excluding hydrogens is 348 g/mol. The highest BCUT2D eigenvalue weighted by Gasteiger charge is 2.15. The molecular formula is C22H34N6. The van der Waals surface area contributed by atoms with Crippen LogP contribution in [0.25, 0.3) is 0 Å². The van der Waals surface area contributed by atoms with Gasteiger partial charge in [0, 0.05) is 39.1 Å². The first-order chi connectivity index (χ1) is 13.7. The van der Waals surface area contributed by atoms with Crippen molar-refractivity contribution in [2.75, 3.05) is 33.2 Å². The van der Waals surface area contributed by atoms with Gasteiger partial charge in [-0.15, -0.1) is 0 Å². The Morgan fingerprint density at radius 3 is 2.82 bits per heavy atom. The van der Waals surface area contributed by atoms with E-state index >= 15 is 0 Å².